The van der Waals surface area contributed by atoms with E-state index in [2.05, 4.69) is 5.32 Å². The molecule has 7 nitrogen and oxygen atoms in total. The fourth-order valence-corrected chi connectivity index (χ4v) is 3.32. The first-order valence-corrected chi connectivity index (χ1v) is 7.24. The van der Waals surface area contributed by atoms with Gasteiger partial charge in [-0.3, -0.25) is 29.4 Å². The Morgan fingerprint density at radius 1 is 1.13 bits per heavy atom. The van der Waals surface area contributed by atoms with Crippen molar-refractivity contribution in [3.63, 3.8) is 0 Å². The zero-order valence-electron chi connectivity index (χ0n) is 12.0. The Labute approximate surface area is 130 Å². The third-order valence-electron chi connectivity index (χ3n) is 4.50. The molecule has 1 atom stereocenters. The van der Waals surface area contributed by atoms with Crippen molar-refractivity contribution in [1.82, 2.24) is 10.2 Å². The minimum atomic E-state index is -1.01. The van der Waals surface area contributed by atoms with Crippen LogP contribution in [0.2, 0.25) is 0 Å². The Hall–Kier alpha value is -2.96. The quantitative estimate of drug-likeness (QED) is 0.672. The Kier molecular flexibility index (Phi) is 2.69. The van der Waals surface area contributed by atoms with Gasteiger partial charge in [0.05, 0.1) is 0 Å². The number of piperidine rings is 1. The Bertz CT molecular complexity index is 827. The van der Waals surface area contributed by atoms with Crippen LogP contribution < -0.4 is 5.32 Å². The van der Waals surface area contributed by atoms with Crippen LogP contribution in [0.15, 0.2) is 46.3 Å². The van der Waals surface area contributed by atoms with Gasteiger partial charge < -0.3 is 5.11 Å². The van der Waals surface area contributed by atoms with Crippen molar-refractivity contribution in [2.24, 2.45) is 0 Å². The van der Waals surface area contributed by atoms with Crippen LogP contribution in [0.3, 0.4) is 0 Å². The normalized spacial score (nSPS) is 26.7. The average Bonchev–Trinajstić information content (AvgIpc) is 2.52. The lowest BCUT2D eigenvalue weighted by Crippen LogP contribution is -2.58. The molecule has 116 valence electrons. The second kappa shape index (κ2) is 4.52. The number of nitrogens with one attached hydrogen (secondary N) is 1. The van der Waals surface area contributed by atoms with E-state index in [1.54, 1.807) is 12.2 Å². The number of nitrogens with zero attached hydrogens (tertiary/aromatic N) is 1. The van der Waals surface area contributed by atoms with Gasteiger partial charge in [0.25, 0.3) is 11.8 Å². The fourth-order valence-electron chi connectivity index (χ4n) is 3.32. The largest absolute Gasteiger partial charge is 0.508 e. The van der Waals surface area contributed by atoms with Crippen LogP contribution in [0.1, 0.15) is 19.3 Å². The van der Waals surface area contributed by atoms with E-state index >= 15 is 0 Å². The summed E-state index contributed by atoms with van der Waals surface area (Å²) < 4.78 is 0. The van der Waals surface area contributed by atoms with E-state index in [1.165, 1.54) is 6.08 Å². The van der Waals surface area contributed by atoms with Crippen LogP contribution in [0.25, 0.3) is 0 Å². The second-order valence-electron chi connectivity index (χ2n) is 5.82. The lowest BCUT2D eigenvalue weighted by Gasteiger charge is -2.38. The van der Waals surface area contributed by atoms with E-state index in [1.807, 2.05) is 0 Å². The SMILES string of the molecule is O=C1CCC(N2C(=O)C3=CC=C4CC3=C(C=C4O)C2=O)C(=O)N1. The Morgan fingerprint density at radius 2 is 1.91 bits per heavy atom. The van der Waals surface area contributed by atoms with Gasteiger partial charge in [-0.15, -0.1) is 0 Å². The summed E-state index contributed by atoms with van der Waals surface area (Å²) in [5, 5.41) is 12.1. The van der Waals surface area contributed by atoms with Crippen LogP contribution >= 0.6 is 0 Å². The zero-order valence-corrected chi connectivity index (χ0v) is 12.0. The summed E-state index contributed by atoms with van der Waals surface area (Å²) in [6.07, 6.45) is 5.04. The first-order chi connectivity index (χ1) is 11.0. The van der Waals surface area contributed by atoms with Crippen molar-refractivity contribution < 1.29 is 24.3 Å². The molecule has 0 aromatic heterocycles. The number of allylic oxidation sites excluding steroid dienone is 3. The molecule has 4 rings (SSSR count). The molecule has 2 aliphatic carbocycles. The highest BCUT2D eigenvalue weighted by Crippen LogP contribution is 2.40. The lowest BCUT2D eigenvalue weighted by atomic mass is 9.80. The molecule has 0 radical (unpaired) electrons. The number of fused-ring (bicyclic) bond motifs is 1. The third-order valence-corrected chi connectivity index (χ3v) is 4.50. The van der Waals surface area contributed by atoms with Crippen molar-refractivity contribution >= 4 is 23.6 Å². The summed E-state index contributed by atoms with van der Waals surface area (Å²) in [7, 11) is 0. The summed E-state index contributed by atoms with van der Waals surface area (Å²) in [6, 6.07) is -1.01. The molecule has 7 heteroatoms. The summed E-state index contributed by atoms with van der Waals surface area (Å²) in [5.74, 6) is -2.21. The molecular formula is C16H12N2O5. The van der Waals surface area contributed by atoms with E-state index in [4.69, 9.17) is 0 Å². The first-order valence-electron chi connectivity index (χ1n) is 7.24. The summed E-state index contributed by atoms with van der Waals surface area (Å²) in [6.45, 7) is 0. The molecule has 0 saturated carbocycles. The molecule has 0 aromatic carbocycles. The van der Waals surface area contributed by atoms with Gasteiger partial charge >= 0.3 is 0 Å². The molecule has 23 heavy (non-hydrogen) atoms. The van der Waals surface area contributed by atoms with E-state index in [-0.39, 0.29) is 24.2 Å². The minimum Gasteiger partial charge on any atom is -0.508 e. The van der Waals surface area contributed by atoms with Crippen molar-refractivity contribution in [2.45, 2.75) is 25.3 Å². The Morgan fingerprint density at radius 3 is 2.65 bits per heavy atom. The van der Waals surface area contributed by atoms with Gasteiger partial charge in [0.1, 0.15) is 11.8 Å². The van der Waals surface area contributed by atoms with E-state index in [9.17, 15) is 24.3 Å². The van der Waals surface area contributed by atoms with Gasteiger partial charge in [0.2, 0.25) is 11.8 Å². The molecule has 2 aliphatic heterocycles. The number of imide groups is 2. The maximum absolute atomic E-state index is 12.7. The number of carbonyl (C=O) groups excluding carboxylic acids is 4. The van der Waals surface area contributed by atoms with Crippen molar-refractivity contribution in [1.29, 1.82) is 0 Å². The van der Waals surface area contributed by atoms with E-state index in [0.29, 0.717) is 23.1 Å². The standard InChI is InChI=1S/C16H12N2O5/c19-12-6-10-9-5-7(12)1-2-8(9)15(22)18(16(10)23)11-3-4-13(20)17-14(11)21/h1-2,6,11,19H,3-5H2,(H,17,20,21). The van der Waals surface area contributed by atoms with Gasteiger partial charge in [-0.05, 0) is 29.7 Å². The number of hydrogen-bond donors (Lipinski definition) is 2. The van der Waals surface area contributed by atoms with Gasteiger partial charge in [-0.1, -0.05) is 6.08 Å². The van der Waals surface area contributed by atoms with Crippen molar-refractivity contribution in [3.05, 3.63) is 46.3 Å². The number of carbonyl (C=O) groups is 4. The predicted molar refractivity (Wildman–Crippen MR) is 76.5 cm³/mol. The molecule has 1 saturated heterocycles. The van der Waals surface area contributed by atoms with Crippen LogP contribution in [0, 0.1) is 0 Å². The smallest absolute Gasteiger partial charge is 0.261 e. The highest BCUT2D eigenvalue weighted by Gasteiger charge is 2.45. The molecule has 1 fully saturated rings. The minimum absolute atomic E-state index is 0.00928. The van der Waals surface area contributed by atoms with Crippen LogP contribution in [-0.4, -0.2) is 39.7 Å². The second-order valence-corrected chi connectivity index (χ2v) is 5.82. The number of amides is 4. The molecule has 4 amide bonds. The third kappa shape index (κ3) is 1.82. The average molecular weight is 312 g/mol. The molecule has 2 bridgehead atoms. The number of aliphatic hydroxyl groups is 1. The van der Waals surface area contributed by atoms with E-state index in [0.717, 1.165) is 4.90 Å². The monoisotopic (exact) mass is 312 g/mol. The first kappa shape index (κ1) is 13.7. The number of rotatable bonds is 1. The summed E-state index contributed by atoms with van der Waals surface area (Å²) in [4.78, 5) is 49.6. The molecule has 4 aliphatic rings. The molecular weight excluding hydrogens is 300 g/mol. The topological polar surface area (TPSA) is 104 Å². The molecule has 2 heterocycles. The lowest BCUT2D eigenvalue weighted by molar-refractivity contribution is -0.152. The Balaban J connectivity index is 1.80. The molecule has 2 N–H and O–H groups in total. The summed E-state index contributed by atoms with van der Waals surface area (Å²) in [5.41, 5.74) is 1.83. The number of hydrogen-bond acceptors (Lipinski definition) is 5. The molecule has 0 spiro atoms. The number of aliphatic hydroxyl groups excluding tert-OH is 1. The van der Waals surface area contributed by atoms with Gasteiger partial charge in [-0.25, -0.2) is 0 Å². The molecule has 0 aromatic rings. The highest BCUT2D eigenvalue weighted by molar-refractivity contribution is 6.21. The van der Waals surface area contributed by atoms with Gasteiger partial charge in [0.15, 0.2) is 0 Å². The van der Waals surface area contributed by atoms with Crippen LogP contribution in [-0.2, 0) is 19.2 Å². The van der Waals surface area contributed by atoms with Gasteiger partial charge in [0, 0.05) is 24.0 Å². The summed E-state index contributed by atoms with van der Waals surface area (Å²) >= 11 is 0. The van der Waals surface area contributed by atoms with Crippen LogP contribution in [0.4, 0.5) is 0 Å². The molecule has 1 unspecified atom stereocenters. The maximum Gasteiger partial charge on any atom is 0.261 e. The highest BCUT2D eigenvalue weighted by atomic mass is 16.3. The maximum atomic E-state index is 12.7. The van der Waals surface area contributed by atoms with Crippen molar-refractivity contribution in [3.8, 4) is 0 Å². The predicted octanol–water partition coefficient (Wildman–Crippen LogP) is 0.169. The van der Waals surface area contributed by atoms with E-state index < -0.39 is 29.7 Å². The van der Waals surface area contributed by atoms with Crippen molar-refractivity contribution in [2.75, 3.05) is 0 Å². The fraction of sp³-hybridized carbons (Fsp3) is 0.250. The van der Waals surface area contributed by atoms with Gasteiger partial charge in [-0.2, -0.15) is 0 Å². The zero-order chi connectivity index (χ0) is 16.3. The van der Waals surface area contributed by atoms with Crippen LogP contribution in [0.5, 0.6) is 0 Å².